The maximum atomic E-state index is 12.8. The van der Waals surface area contributed by atoms with Crippen molar-refractivity contribution in [1.29, 1.82) is 0 Å². The molecule has 7 heteroatoms. The summed E-state index contributed by atoms with van der Waals surface area (Å²) in [6.45, 7) is -0.292. The highest BCUT2D eigenvalue weighted by Crippen LogP contribution is 2.29. The van der Waals surface area contributed by atoms with Gasteiger partial charge in [-0.25, -0.2) is 0 Å². The minimum absolute atomic E-state index is 0.211. The van der Waals surface area contributed by atoms with Gasteiger partial charge in [-0.3, -0.25) is 19.1 Å². The van der Waals surface area contributed by atoms with Crippen molar-refractivity contribution in [2.45, 2.75) is 0 Å². The molecule has 0 radical (unpaired) electrons. The number of hydrogen-bond donors (Lipinski definition) is 3. The van der Waals surface area contributed by atoms with Crippen LogP contribution < -0.4 is 16.1 Å². The first-order chi connectivity index (χ1) is 14.1. The van der Waals surface area contributed by atoms with Gasteiger partial charge in [-0.2, -0.15) is 0 Å². The van der Waals surface area contributed by atoms with E-state index in [4.69, 9.17) is 5.11 Å². The van der Waals surface area contributed by atoms with Crippen molar-refractivity contribution < 1.29 is 9.90 Å². The molecule has 4 rings (SSSR count). The molecule has 0 atom stereocenters. The zero-order valence-electron chi connectivity index (χ0n) is 15.4. The van der Waals surface area contributed by atoms with E-state index in [-0.39, 0.29) is 12.0 Å². The summed E-state index contributed by atoms with van der Waals surface area (Å²) in [5.41, 5.74) is 2.45. The molecule has 2 aromatic carbocycles. The Morgan fingerprint density at radius 1 is 1.00 bits per heavy atom. The number of hydrogen-bond acceptors (Lipinski definition) is 5. The quantitative estimate of drug-likeness (QED) is 0.468. The minimum atomic E-state index is -1.01. The fraction of sp³-hybridized carbons (Fsp3) is 0.0455. The van der Waals surface area contributed by atoms with E-state index in [1.807, 2.05) is 65.2 Å². The van der Waals surface area contributed by atoms with Crippen LogP contribution in [-0.2, 0) is 4.79 Å². The predicted molar refractivity (Wildman–Crippen MR) is 113 cm³/mol. The maximum absolute atomic E-state index is 12.8. The van der Waals surface area contributed by atoms with Crippen LogP contribution in [0.4, 0.5) is 17.2 Å². The number of para-hydroxylation sites is 2. The zero-order chi connectivity index (χ0) is 20.2. The van der Waals surface area contributed by atoms with Gasteiger partial charge in [0.2, 0.25) is 0 Å². The van der Waals surface area contributed by atoms with E-state index in [1.54, 1.807) is 0 Å². The molecule has 0 unspecified atom stereocenters. The molecule has 0 saturated carbocycles. The van der Waals surface area contributed by atoms with Gasteiger partial charge in [0.15, 0.2) is 5.43 Å². The molecule has 29 heavy (non-hydrogen) atoms. The molecule has 3 N–H and O–H groups in total. The summed E-state index contributed by atoms with van der Waals surface area (Å²) >= 11 is 0. The van der Waals surface area contributed by atoms with Crippen molar-refractivity contribution in [3.63, 3.8) is 0 Å². The van der Waals surface area contributed by atoms with Crippen molar-refractivity contribution in [1.82, 2.24) is 9.55 Å². The Morgan fingerprint density at radius 2 is 1.69 bits per heavy atom. The Kier molecular flexibility index (Phi) is 4.94. The van der Waals surface area contributed by atoms with Crippen molar-refractivity contribution >= 4 is 34.1 Å². The Bertz CT molecular complexity index is 1220. The monoisotopic (exact) mass is 386 g/mol. The average Bonchev–Trinajstić information content (AvgIpc) is 2.74. The number of carboxylic acid groups (broad SMARTS) is 1. The largest absolute Gasteiger partial charge is 0.480 e. The van der Waals surface area contributed by atoms with Gasteiger partial charge >= 0.3 is 5.97 Å². The topological polar surface area (TPSA) is 96.2 Å². The van der Waals surface area contributed by atoms with Crippen LogP contribution in [-0.4, -0.2) is 27.2 Å². The Morgan fingerprint density at radius 3 is 2.38 bits per heavy atom. The van der Waals surface area contributed by atoms with E-state index >= 15 is 0 Å². The fourth-order valence-electron chi connectivity index (χ4n) is 3.17. The first-order valence-electron chi connectivity index (χ1n) is 9.00. The lowest BCUT2D eigenvalue weighted by molar-refractivity contribution is -0.134. The number of nitrogens with one attached hydrogen (secondary N) is 2. The number of anilines is 3. The summed E-state index contributed by atoms with van der Waals surface area (Å²) in [6, 6.07) is 20.6. The third kappa shape index (κ3) is 3.79. The number of rotatable bonds is 6. The van der Waals surface area contributed by atoms with Crippen molar-refractivity contribution in [2.24, 2.45) is 0 Å². The van der Waals surface area contributed by atoms with Gasteiger partial charge in [-0.05, 0) is 24.3 Å². The highest BCUT2D eigenvalue weighted by atomic mass is 16.4. The summed E-state index contributed by atoms with van der Waals surface area (Å²) in [5.74, 6) is -0.446. The molecule has 0 amide bonds. The third-order valence-corrected chi connectivity index (χ3v) is 4.41. The molecule has 4 aromatic rings. The number of pyridine rings is 2. The second kappa shape index (κ2) is 7.85. The minimum Gasteiger partial charge on any atom is -0.480 e. The summed E-state index contributed by atoms with van der Waals surface area (Å²) in [4.78, 5) is 28.0. The molecular weight excluding hydrogens is 368 g/mol. The maximum Gasteiger partial charge on any atom is 0.322 e. The lowest BCUT2D eigenvalue weighted by Crippen LogP contribution is -2.17. The lowest BCUT2D eigenvalue weighted by Gasteiger charge is -2.20. The van der Waals surface area contributed by atoms with E-state index in [0.717, 1.165) is 11.4 Å². The van der Waals surface area contributed by atoms with E-state index in [0.29, 0.717) is 22.4 Å². The molecule has 0 aliphatic heterocycles. The van der Waals surface area contributed by atoms with Crippen molar-refractivity contribution in [3.05, 3.63) is 89.3 Å². The summed E-state index contributed by atoms with van der Waals surface area (Å²) in [6.07, 6.45) is 3.02. The Labute approximate surface area is 166 Å². The molecule has 0 saturated heterocycles. The van der Waals surface area contributed by atoms with Crippen LogP contribution in [0.2, 0.25) is 0 Å². The molecule has 2 heterocycles. The van der Waals surface area contributed by atoms with Gasteiger partial charge in [0.25, 0.3) is 0 Å². The second-order valence-corrected chi connectivity index (χ2v) is 6.39. The number of benzene rings is 2. The number of carbonyl (C=O) groups is 1. The van der Waals surface area contributed by atoms with Gasteiger partial charge in [0.05, 0.1) is 22.8 Å². The zero-order valence-corrected chi connectivity index (χ0v) is 15.4. The predicted octanol–water partition coefficient (Wildman–Crippen LogP) is 3.63. The molecule has 0 spiro atoms. The van der Waals surface area contributed by atoms with Crippen LogP contribution >= 0.6 is 0 Å². The Balaban J connectivity index is 2.00. The standard InChI is InChI=1S/C22H18N4O3/c27-19-11-20(25-15-7-3-1-4-8-15)26(16-9-5-2-6-10-16)22-17(19)12-23-13-18(22)24-14-21(28)29/h1-13,24-25H,14H2,(H,28,29). The number of carboxylic acids is 1. The second-order valence-electron chi connectivity index (χ2n) is 6.39. The lowest BCUT2D eigenvalue weighted by atomic mass is 10.2. The van der Waals surface area contributed by atoms with Gasteiger partial charge in [0.1, 0.15) is 12.4 Å². The van der Waals surface area contributed by atoms with E-state index in [1.165, 1.54) is 18.5 Å². The summed E-state index contributed by atoms with van der Waals surface area (Å²) < 4.78 is 1.88. The fourth-order valence-corrected chi connectivity index (χ4v) is 3.17. The normalized spacial score (nSPS) is 10.6. The van der Waals surface area contributed by atoms with Crippen LogP contribution in [0.1, 0.15) is 0 Å². The van der Waals surface area contributed by atoms with E-state index in [9.17, 15) is 9.59 Å². The smallest absolute Gasteiger partial charge is 0.322 e. The third-order valence-electron chi connectivity index (χ3n) is 4.41. The molecular formula is C22H18N4O3. The first kappa shape index (κ1) is 18.2. The number of aliphatic carboxylic acids is 1. The average molecular weight is 386 g/mol. The molecule has 0 aliphatic carbocycles. The van der Waals surface area contributed by atoms with E-state index < -0.39 is 5.97 Å². The molecule has 2 aromatic heterocycles. The van der Waals surface area contributed by atoms with Crippen LogP contribution in [0, 0.1) is 0 Å². The Hall–Kier alpha value is -4.13. The van der Waals surface area contributed by atoms with Gasteiger partial charge in [0, 0.05) is 23.6 Å². The summed E-state index contributed by atoms with van der Waals surface area (Å²) in [7, 11) is 0. The van der Waals surface area contributed by atoms with Crippen LogP contribution in [0.15, 0.2) is 83.9 Å². The molecule has 0 bridgehead atoms. The number of fused-ring (bicyclic) bond motifs is 1. The molecule has 0 fully saturated rings. The van der Waals surface area contributed by atoms with E-state index in [2.05, 4.69) is 15.6 Å². The highest BCUT2D eigenvalue weighted by Gasteiger charge is 2.15. The van der Waals surface area contributed by atoms with Crippen LogP contribution in [0.25, 0.3) is 16.6 Å². The molecule has 0 aliphatic rings. The van der Waals surface area contributed by atoms with Crippen molar-refractivity contribution in [3.8, 4) is 5.69 Å². The van der Waals surface area contributed by atoms with Crippen LogP contribution in [0.5, 0.6) is 0 Å². The highest BCUT2D eigenvalue weighted by molar-refractivity contribution is 5.94. The van der Waals surface area contributed by atoms with Crippen molar-refractivity contribution in [2.75, 3.05) is 17.2 Å². The summed E-state index contributed by atoms with van der Waals surface area (Å²) in [5, 5.41) is 15.6. The van der Waals surface area contributed by atoms with Crippen LogP contribution in [0.3, 0.4) is 0 Å². The van der Waals surface area contributed by atoms with Gasteiger partial charge in [-0.1, -0.05) is 36.4 Å². The molecule has 144 valence electrons. The van der Waals surface area contributed by atoms with Gasteiger partial charge in [-0.15, -0.1) is 0 Å². The first-order valence-corrected chi connectivity index (χ1v) is 9.00. The SMILES string of the molecule is O=C(O)CNc1cncc2c(=O)cc(Nc3ccccc3)n(-c3ccccc3)c12. The molecule has 7 nitrogen and oxygen atoms in total. The van der Waals surface area contributed by atoms with Gasteiger partial charge < -0.3 is 15.7 Å². The number of aromatic nitrogens is 2. The number of nitrogens with zero attached hydrogens (tertiary/aromatic N) is 2.